The van der Waals surface area contributed by atoms with E-state index in [0.717, 1.165) is 73.9 Å². The van der Waals surface area contributed by atoms with E-state index in [1.165, 1.54) is 5.56 Å². The van der Waals surface area contributed by atoms with Crippen LogP contribution in [0.3, 0.4) is 0 Å². The number of carboxylic acids is 1. The minimum atomic E-state index is -1.01. The molecular weight excluding hydrogens is 628 g/mol. The molecule has 4 heterocycles. The molecule has 254 valence electrons. The topological polar surface area (TPSA) is 125 Å². The molecule has 1 aliphatic heterocycles. The van der Waals surface area contributed by atoms with Crippen LogP contribution < -0.4 is 15.4 Å². The molecule has 0 amide bonds. The standard InChI is InChI=1S/C37H39F2N7O3/c38-27-21-28(39)23-30(22-27)49-20-19-46(17-4-3-9-29-13-12-25-7-6-16-41-34(25)42-29)18-14-33(37(47)48)44-36-31-10-1-2-11-32(31)43-35(45-36)26-8-5-15-40-24-26/h1-2,5,8,10-13,15,21-24,33H,3-4,6-7,9,14,16-20H2,(H,41,42)(H,47,48)(H,43,44,45). The Hall–Kier alpha value is -5.23. The summed E-state index contributed by atoms with van der Waals surface area (Å²) in [6.07, 6.45) is 8.31. The Morgan fingerprint density at radius 2 is 1.84 bits per heavy atom. The van der Waals surface area contributed by atoms with Crippen molar-refractivity contribution >= 4 is 28.5 Å². The summed E-state index contributed by atoms with van der Waals surface area (Å²) in [5.41, 5.74) is 3.69. The molecule has 12 heteroatoms. The lowest BCUT2D eigenvalue weighted by molar-refractivity contribution is -0.138. The normalized spacial score (nSPS) is 13.1. The van der Waals surface area contributed by atoms with E-state index in [2.05, 4.69) is 37.6 Å². The summed E-state index contributed by atoms with van der Waals surface area (Å²) >= 11 is 0. The fourth-order valence-corrected chi connectivity index (χ4v) is 5.93. The van der Waals surface area contributed by atoms with Crippen LogP contribution in [0.15, 0.2) is 79.1 Å². The Balaban J connectivity index is 1.12. The highest BCUT2D eigenvalue weighted by Crippen LogP contribution is 2.26. The van der Waals surface area contributed by atoms with Crippen LogP contribution in [-0.2, 0) is 17.6 Å². The van der Waals surface area contributed by atoms with Gasteiger partial charge < -0.3 is 20.5 Å². The van der Waals surface area contributed by atoms with Crippen molar-refractivity contribution in [2.75, 3.05) is 43.4 Å². The first-order chi connectivity index (χ1) is 23.9. The third kappa shape index (κ3) is 9.23. The first-order valence-corrected chi connectivity index (χ1v) is 16.6. The number of aromatic nitrogens is 4. The van der Waals surface area contributed by atoms with Crippen molar-refractivity contribution < 1.29 is 23.4 Å². The van der Waals surface area contributed by atoms with Crippen molar-refractivity contribution in [3.63, 3.8) is 0 Å². The third-order valence-corrected chi connectivity index (χ3v) is 8.49. The monoisotopic (exact) mass is 667 g/mol. The molecule has 0 saturated heterocycles. The van der Waals surface area contributed by atoms with Gasteiger partial charge in [-0.3, -0.25) is 9.88 Å². The molecule has 1 unspecified atom stereocenters. The zero-order valence-corrected chi connectivity index (χ0v) is 27.1. The molecule has 3 aromatic heterocycles. The number of nitrogens with zero attached hydrogens (tertiary/aromatic N) is 5. The van der Waals surface area contributed by atoms with E-state index in [1.807, 2.05) is 30.3 Å². The highest BCUT2D eigenvalue weighted by molar-refractivity contribution is 5.92. The van der Waals surface area contributed by atoms with Crippen LogP contribution in [0.5, 0.6) is 5.75 Å². The fourth-order valence-electron chi connectivity index (χ4n) is 5.93. The van der Waals surface area contributed by atoms with Gasteiger partial charge in [-0.25, -0.2) is 28.5 Å². The van der Waals surface area contributed by atoms with E-state index in [0.29, 0.717) is 42.2 Å². The number of rotatable bonds is 16. The maximum absolute atomic E-state index is 13.7. The number of nitrogens with one attached hydrogen (secondary N) is 2. The summed E-state index contributed by atoms with van der Waals surface area (Å²) in [6, 6.07) is 17.5. The lowest BCUT2D eigenvalue weighted by Crippen LogP contribution is -2.37. The van der Waals surface area contributed by atoms with Gasteiger partial charge in [0, 0.05) is 66.9 Å². The Kier molecular flexibility index (Phi) is 11.2. The molecule has 0 radical (unpaired) electrons. The van der Waals surface area contributed by atoms with E-state index in [1.54, 1.807) is 18.5 Å². The summed E-state index contributed by atoms with van der Waals surface area (Å²) in [7, 11) is 0. The molecule has 6 rings (SSSR count). The number of aliphatic carboxylic acids is 1. The van der Waals surface area contributed by atoms with Crippen molar-refractivity contribution in [2.24, 2.45) is 0 Å². The number of hydrogen-bond acceptors (Lipinski definition) is 9. The number of unbranched alkanes of at least 4 members (excludes halogenated alkanes) is 1. The van der Waals surface area contributed by atoms with E-state index in [-0.39, 0.29) is 18.8 Å². The molecule has 0 spiro atoms. The van der Waals surface area contributed by atoms with Gasteiger partial charge in [-0.05, 0) is 81.0 Å². The third-order valence-electron chi connectivity index (χ3n) is 8.49. The average Bonchev–Trinajstić information content (AvgIpc) is 3.11. The van der Waals surface area contributed by atoms with Crippen LogP contribution in [0.1, 0.15) is 36.9 Å². The first kappa shape index (κ1) is 33.7. The molecule has 1 aliphatic rings. The van der Waals surface area contributed by atoms with Crippen molar-refractivity contribution in [3.8, 4) is 17.1 Å². The Bertz CT molecular complexity index is 1860. The number of para-hydroxylation sites is 1. The van der Waals surface area contributed by atoms with Gasteiger partial charge in [0.25, 0.3) is 0 Å². The Morgan fingerprint density at radius 1 is 0.980 bits per heavy atom. The van der Waals surface area contributed by atoms with Crippen molar-refractivity contribution in [2.45, 2.75) is 44.6 Å². The summed E-state index contributed by atoms with van der Waals surface area (Å²) in [4.78, 5) is 33.0. The summed E-state index contributed by atoms with van der Waals surface area (Å²) in [6.45, 7) is 2.67. The van der Waals surface area contributed by atoms with Crippen molar-refractivity contribution in [1.29, 1.82) is 0 Å². The number of hydrogen-bond donors (Lipinski definition) is 3. The van der Waals surface area contributed by atoms with Gasteiger partial charge in [0.15, 0.2) is 5.82 Å². The number of aryl methyl sites for hydroxylation is 2. The van der Waals surface area contributed by atoms with Crippen LogP contribution >= 0.6 is 0 Å². The zero-order chi connectivity index (χ0) is 34.0. The molecule has 5 aromatic rings. The molecule has 2 aromatic carbocycles. The number of carboxylic acid groups (broad SMARTS) is 1. The lowest BCUT2D eigenvalue weighted by Gasteiger charge is -2.25. The summed E-state index contributed by atoms with van der Waals surface area (Å²) in [5.74, 6) is -0.484. The van der Waals surface area contributed by atoms with Gasteiger partial charge >= 0.3 is 5.97 Å². The van der Waals surface area contributed by atoms with Crippen molar-refractivity contribution in [1.82, 2.24) is 24.8 Å². The fraction of sp³-hybridized carbons (Fsp3) is 0.324. The van der Waals surface area contributed by atoms with Crippen LogP contribution in [0.4, 0.5) is 20.4 Å². The molecule has 3 N–H and O–H groups in total. The number of ether oxygens (including phenoxy) is 1. The maximum Gasteiger partial charge on any atom is 0.326 e. The van der Waals surface area contributed by atoms with E-state index in [4.69, 9.17) is 14.7 Å². The SMILES string of the molecule is O=C(O)C(CCN(CCCCc1ccc2c(n1)NCCC2)CCOc1cc(F)cc(F)c1)Nc1nc(-c2cccnc2)nc2ccccc12. The Morgan fingerprint density at radius 3 is 2.65 bits per heavy atom. The number of fused-ring (bicyclic) bond motifs is 2. The van der Waals surface area contributed by atoms with Crippen molar-refractivity contribution in [3.05, 3.63) is 102 Å². The molecule has 0 bridgehead atoms. The van der Waals surface area contributed by atoms with Crippen LogP contribution in [0.25, 0.3) is 22.3 Å². The van der Waals surface area contributed by atoms with Gasteiger partial charge in [-0.15, -0.1) is 0 Å². The minimum Gasteiger partial charge on any atom is -0.492 e. The molecule has 0 aliphatic carbocycles. The highest BCUT2D eigenvalue weighted by Gasteiger charge is 2.22. The van der Waals surface area contributed by atoms with Gasteiger partial charge in [-0.1, -0.05) is 18.2 Å². The second-order valence-corrected chi connectivity index (χ2v) is 12.1. The summed E-state index contributed by atoms with van der Waals surface area (Å²) < 4.78 is 33.1. The molecule has 0 fully saturated rings. The smallest absolute Gasteiger partial charge is 0.326 e. The highest BCUT2D eigenvalue weighted by atomic mass is 19.1. The minimum absolute atomic E-state index is 0.106. The zero-order valence-electron chi connectivity index (χ0n) is 27.1. The Labute approximate surface area is 283 Å². The first-order valence-electron chi connectivity index (χ1n) is 16.6. The second-order valence-electron chi connectivity index (χ2n) is 12.1. The van der Waals surface area contributed by atoms with Crippen LogP contribution in [-0.4, -0.2) is 74.7 Å². The summed E-state index contributed by atoms with van der Waals surface area (Å²) in [5, 5.41) is 17.5. The maximum atomic E-state index is 13.7. The predicted molar refractivity (Wildman–Crippen MR) is 185 cm³/mol. The number of halogens is 2. The number of anilines is 2. The number of pyridine rings is 2. The van der Waals surface area contributed by atoms with E-state index in [9.17, 15) is 18.7 Å². The number of carbonyl (C=O) groups is 1. The van der Waals surface area contributed by atoms with Gasteiger partial charge in [0.1, 0.15) is 41.7 Å². The average molecular weight is 668 g/mol. The molecule has 1 atom stereocenters. The van der Waals surface area contributed by atoms with Gasteiger partial charge in [-0.2, -0.15) is 0 Å². The molecule has 0 saturated carbocycles. The van der Waals surface area contributed by atoms with Gasteiger partial charge in [0.2, 0.25) is 0 Å². The number of benzene rings is 2. The van der Waals surface area contributed by atoms with Crippen LogP contribution in [0.2, 0.25) is 0 Å². The molecular formula is C37H39F2N7O3. The van der Waals surface area contributed by atoms with Crippen LogP contribution in [0, 0.1) is 11.6 Å². The molecule has 49 heavy (non-hydrogen) atoms. The van der Waals surface area contributed by atoms with E-state index < -0.39 is 23.6 Å². The second kappa shape index (κ2) is 16.2. The van der Waals surface area contributed by atoms with E-state index >= 15 is 0 Å². The lowest BCUT2D eigenvalue weighted by atomic mass is 10.1. The quantitative estimate of drug-likeness (QED) is 0.102. The largest absolute Gasteiger partial charge is 0.492 e. The predicted octanol–water partition coefficient (Wildman–Crippen LogP) is 6.38. The van der Waals surface area contributed by atoms with Gasteiger partial charge in [0.05, 0.1) is 5.52 Å². The molecule has 10 nitrogen and oxygen atoms in total.